The fraction of sp³-hybridized carbons (Fsp3) is 0.500. The molecular formula is C16H23N3O2. The Balaban J connectivity index is 1.95. The maximum Gasteiger partial charge on any atom is 0.253 e. The van der Waals surface area contributed by atoms with E-state index in [4.69, 9.17) is 5.73 Å². The van der Waals surface area contributed by atoms with Crippen LogP contribution in [0.2, 0.25) is 0 Å². The van der Waals surface area contributed by atoms with Crippen LogP contribution in [0.5, 0.6) is 0 Å². The predicted octanol–water partition coefficient (Wildman–Crippen LogP) is 1.99. The van der Waals surface area contributed by atoms with E-state index in [-0.39, 0.29) is 11.8 Å². The number of anilines is 1. The molecule has 0 saturated carbocycles. The van der Waals surface area contributed by atoms with Crippen molar-refractivity contribution < 1.29 is 9.59 Å². The number of hydrogen-bond donors (Lipinski definition) is 2. The topological polar surface area (TPSA) is 75.4 Å². The number of nitrogens with zero attached hydrogens (tertiary/aromatic N) is 1. The van der Waals surface area contributed by atoms with Gasteiger partial charge in [0, 0.05) is 24.3 Å². The van der Waals surface area contributed by atoms with Crippen LogP contribution in [0.3, 0.4) is 0 Å². The quantitative estimate of drug-likeness (QED) is 0.870. The molecule has 0 aromatic heterocycles. The first-order valence-electron chi connectivity index (χ1n) is 7.57. The van der Waals surface area contributed by atoms with Gasteiger partial charge in [0.2, 0.25) is 5.91 Å². The zero-order valence-electron chi connectivity index (χ0n) is 12.5. The summed E-state index contributed by atoms with van der Waals surface area (Å²) in [5, 5.41) is 2.77. The van der Waals surface area contributed by atoms with Crippen molar-refractivity contribution >= 4 is 17.5 Å². The Hall–Kier alpha value is -1.88. The van der Waals surface area contributed by atoms with Crippen molar-refractivity contribution in [2.24, 2.45) is 5.73 Å². The van der Waals surface area contributed by atoms with E-state index in [1.807, 2.05) is 11.8 Å². The molecule has 1 saturated heterocycles. The Morgan fingerprint density at radius 1 is 1.24 bits per heavy atom. The van der Waals surface area contributed by atoms with Crippen molar-refractivity contribution in [1.29, 1.82) is 0 Å². The Labute approximate surface area is 125 Å². The van der Waals surface area contributed by atoms with Gasteiger partial charge in [-0.1, -0.05) is 13.3 Å². The molecular weight excluding hydrogens is 266 g/mol. The van der Waals surface area contributed by atoms with Gasteiger partial charge >= 0.3 is 0 Å². The van der Waals surface area contributed by atoms with E-state index in [1.165, 1.54) is 0 Å². The summed E-state index contributed by atoms with van der Waals surface area (Å²) in [6, 6.07) is 6.52. The van der Waals surface area contributed by atoms with Gasteiger partial charge in [0.25, 0.3) is 5.91 Å². The van der Waals surface area contributed by atoms with Crippen LogP contribution in [0, 0.1) is 0 Å². The minimum absolute atomic E-state index is 0.0630. The van der Waals surface area contributed by atoms with Gasteiger partial charge in [-0.25, -0.2) is 0 Å². The second kappa shape index (κ2) is 7.22. The number of nitrogens with two attached hydrogens (primary N) is 1. The number of carbonyl (C=O) groups excluding carboxylic acids is 2. The fourth-order valence-corrected chi connectivity index (χ4v) is 2.48. The van der Waals surface area contributed by atoms with E-state index in [2.05, 4.69) is 5.32 Å². The number of hydrogen-bond acceptors (Lipinski definition) is 3. The highest BCUT2D eigenvalue weighted by Crippen LogP contribution is 2.15. The second-order valence-corrected chi connectivity index (χ2v) is 5.46. The van der Waals surface area contributed by atoms with Crippen LogP contribution in [-0.2, 0) is 4.79 Å². The molecule has 1 heterocycles. The first kappa shape index (κ1) is 15.5. The monoisotopic (exact) mass is 289 g/mol. The van der Waals surface area contributed by atoms with E-state index < -0.39 is 6.04 Å². The number of amides is 2. The molecule has 114 valence electrons. The zero-order valence-corrected chi connectivity index (χ0v) is 12.5. The molecule has 5 nitrogen and oxygen atoms in total. The summed E-state index contributed by atoms with van der Waals surface area (Å²) < 4.78 is 0. The lowest BCUT2D eigenvalue weighted by atomic mass is 10.1. The molecule has 1 aromatic rings. The number of benzene rings is 1. The van der Waals surface area contributed by atoms with Gasteiger partial charge in [-0.3, -0.25) is 9.59 Å². The van der Waals surface area contributed by atoms with E-state index >= 15 is 0 Å². The van der Waals surface area contributed by atoms with Crippen LogP contribution in [0.1, 0.15) is 43.0 Å². The minimum atomic E-state index is -0.485. The molecule has 1 aliphatic heterocycles. The summed E-state index contributed by atoms with van der Waals surface area (Å²) in [6.45, 7) is 3.66. The highest BCUT2D eigenvalue weighted by Gasteiger charge is 2.19. The van der Waals surface area contributed by atoms with Crippen LogP contribution in [0.4, 0.5) is 5.69 Å². The number of carbonyl (C=O) groups is 2. The normalized spacial score (nSPS) is 15.8. The summed E-state index contributed by atoms with van der Waals surface area (Å²) in [5.74, 6) is -0.122. The molecule has 1 fully saturated rings. The molecule has 0 radical (unpaired) electrons. The Bertz CT molecular complexity index is 493. The molecule has 2 amide bonds. The van der Waals surface area contributed by atoms with E-state index in [0.717, 1.165) is 32.4 Å². The Kier molecular flexibility index (Phi) is 5.33. The van der Waals surface area contributed by atoms with E-state index in [1.54, 1.807) is 24.3 Å². The van der Waals surface area contributed by atoms with Gasteiger partial charge in [-0.05, 0) is 43.5 Å². The van der Waals surface area contributed by atoms with Crippen molar-refractivity contribution in [2.45, 2.75) is 38.6 Å². The third kappa shape index (κ3) is 4.04. The molecule has 1 atom stereocenters. The van der Waals surface area contributed by atoms with Gasteiger partial charge in [-0.15, -0.1) is 0 Å². The standard InChI is InChI=1S/C16H23N3O2/c1-2-5-14(17)15(20)18-13-8-6-12(7-9-13)16(21)19-10-3-4-11-19/h6-9,14H,2-5,10-11,17H2,1H3,(H,18,20)/t14-/m0/s1. The predicted molar refractivity (Wildman–Crippen MR) is 83.1 cm³/mol. The minimum Gasteiger partial charge on any atom is -0.339 e. The molecule has 0 unspecified atom stereocenters. The first-order valence-corrected chi connectivity index (χ1v) is 7.57. The largest absolute Gasteiger partial charge is 0.339 e. The summed E-state index contributed by atoms with van der Waals surface area (Å²) in [4.78, 5) is 25.9. The van der Waals surface area contributed by atoms with Crippen molar-refractivity contribution in [1.82, 2.24) is 4.90 Å². The summed E-state index contributed by atoms with van der Waals surface area (Å²) >= 11 is 0. The molecule has 0 spiro atoms. The van der Waals surface area contributed by atoms with Gasteiger partial charge in [0.1, 0.15) is 0 Å². The van der Waals surface area contributed by atoms with Gasteiger partial charge in [0.05, 0.1) is 6.04 Å². The molecule has 5 heteroatoms. The Morgan fingerprint density at radius 3 is 2.43 bits per heavy atom. The van der Waals surface area contributed by atoms with E-state index in [9.17, 15) is 9.59 Å². The summed E-state index contributed by atoms with van der Waals surface area (Å²) in [5.41, 5.74) is 7.09. The average molecular weight is 289 g/mol. The molecule has 3 N–H and O–H groups in total. The smallest absolute Gasteiger partial charge is 0.253 e. The molecule has 1 aliphatic rings. The van der Waals surface area contributed by atoms with Gasteiger partial charge in [0.15, 0.2) is 0 Å². The van der Waals surface area contributed by atoms with Crippen LogP contribution in [0.25, 0.3) is 0 Å². The number of likely N-dealkylation sites (tertiary alicyclic amines) is 1. The first-order chi connectivity index (χ1) is 10.1. The van der Waals surface area contributed by atoms with Crippen LogP contribution < -0.4 is 11.1 Å². The summed E-state index contributed by atoms with van der Waals surface area (Å²) in [7, 11) is 0. The SMILES string of the molecule is CCC[C@H](N)C(=O)Nc1ccc(C(=O)N2CCCC2)cc1. The maximum absolute atomic E-state index is 12.2. The van der Waals surface area contributed by atoms with Crippen molar-refractivity contribution in [2.75, 3.05) is 18.4 Å². The lowest BCUT2D eigenvalue weighted by molar-refractivity contribution is -0.117. The third-order valence-electron chi connectivity index (χ3n) is 3.73. The maximum atomic E-state index is 12.2. The highest BCUT2D eigenvalue weighted by molar-refractivity contribution is 5.97. The van der Waals surface area contributed by atoms with Gasteiger partial charge < -0.3 is 16.0 Å². The summed E-state index contributed by atoms with van der Waals surface area (Å²) in [6.07, 6.45) is 3.69. The average Bonchev–Trinajstić information content (AvgIpc) is 3.01. The van der Waals surface area contributed by atoms with Crippen molar-refractivity contribution in [3.05, 3.63) is 29.8 Å². The molecule has 0 bridgehead atoms. The highest BCUT2D eigenvalue weighted by atomic mass is 16.2. The zero-order chi connectivity index (χ0) is 15.2. The molecule has 1 aromatic carbocycles. The van der Waals surface area contributed by atoms with E-state index in [0.29, 0.717) is 17.7 Å². The van der Waals surface area contributed by atoms with Crippen LogP contribution in [-0.4, -0.2) is 35.8 Å². The lowest BCUT2D eigenvalue weighted by Crippen LogP contribution is -2.35. The molecule has 21 heavy (non-hydrogen) atoms. The van der Waals surface area contributed by atoms with Crippen LogP contribution in [0.15, 0.2) is 24.3 Å². The number of nitrogens with one attached hydrogen (secondary N) is 1. The lowest BCUT2D eigenvalue weighted by Gasteiger charge is -2.15. The molecule has 0 aliphatic carbocycles. The van der Waals surface area contributed by atoms with Crippen molar-refractivity contribution in [3.63, 3.8) is 0 Å². The third-order valence-corrected chi connectivity index (χ3v) is 3.73. The van der Waals surface area contributed by atoms with Gasteiger partial charge in [-0.2, -0.15) is 0 Å². The Morgan fingerprint density at radius 2 is 1.86 bits per heavy atom. The van der Waals surface area contributed by atoms with Crippen LogP contribution >= 0.6 is 0 Å². The second-order valence-electron chi connectivity index (χ2n) is 5.46. The number of rotatable bonds is 5. The molecule has 2 rings (SSSR count). The van der Waals surface area contributed by atoms with Crippen molar-refractivity contribution in [3.8, 4) is 0 Å². The fourth-order valence-electron chi connectivity index (χ4n) is 2.48.